The van der Waals surface area contributed by atoms with E-state index < -0.39 is 0 Å². The molecular weight excluding hydrogens is 280 g/mol. The van der Waals surface area contributed by atoms with Gasteiger partial charge in [0, 0.05) is 31.4 Å². The maximum absolute atomic E-state index is 12.6. The number of nitrogens with one attached hydrogen (secondary N) is 1. The second-order valence-electron chi connectivity index (χ2n) is 6.32. The lowest BCUT2D eigenvalue weighted by atomic mass is 10.0. The van der Waals surface area contributed by atoms with Crippen LogP contribution in [0.5, 0.6) is 0 Å². The lowest BCUT2D eigenvalue weighted by Crippen LogP contribution is -2.53. The van der Waals surface area contributed by atoms with Crippen molar-refractivity contribution in [2.75, 3.05) is 32.8 Å². The van der Waals surface area contributed by atoms with Crippen molar-refractivity contribution in [1.29, 1.82) is 0 Å². The fourth-order valence-corrected chi connectivity index (χ4v) is 2.84. The second-order valence-corrected chi connectivity index (χ2v) is 6.32. The first-order valence-electron chi connectivity index (χ1n) is 7.60. The highest BCUT2D eigenvalue weighted by Crippen LogP contribution is 2.13. The van der Waals surface area contributed by atoms with Gasteiger partial charge in [-0.1, -0.05) is 6.07 Å². The van der Waals surface area contributed by atoms with Gasteiger partial charge in [0.2, 0.25) is 0 Å². The highest BCUT2D eigenvalue weighted by molar-refractivity contribution is 6.00. The Morgan fingerprint density at radius 1 is 1.36 bits per heavy atom. The van der Waals surface area contributed by atoms with Crippen LogP contribution < -0.4 is 5.32 Å². The monoisotopic (exact) mass is 302 g/mol. The molecule has 22 heavy (non-hydrogen) atoms. The number of carbonyl (C=O) groups excluding carboxylic acids is 1. The number of hydrogen-bond acceptors (Lipinski definition) is 4. The first-order chi connectivity index (χ1) is 10.6. The zero-order valence-corrected chi connectivity index (χ0v) is 13.1. The van der Waals surface area contributed by atoms with Crippen molar-refractivity contribution in [2.24, 2.45) is 0 Å². The summed E-state index contributed by atoms with van der Waals surface area (Å²) in [5, 5.41) is 7.34. The van der Waals surface area contributed by atoms with E-state index >= 15 is 0 Å². The van der Waals surface area contributed by atoms with Gasteiger partial charge in [0.25, 0.3) is 5.91 Å². The van der Waals surface area contributed by atoms with Gasteiger partial charge in [-0.2, -0.15) is 5.10 Å². The summed E-state index contributed by atoms with van der Waals surface area (Å²) >= 11 is 0. The van der Waals surface area contributed by atoms with Gasteiger partial charge < -0.3 is 10.1 Å². The largest absolute Gasteiger partial charge is 0.379 e. The van der Waals surface area contributed by atoms with E-state index in [2.05, 4.69) is 15.3 Å². The molecule has 2 aromatic heterocycles. The Labute approximate surface area is 130 Å². The average molecular weight is 302 g/mol. The number of nitrogens with zero attached hydrogens (tertiary/aromatic N) is 3. The van der Waals surface area contributed by atoms with Crippen LogP contribution in [0.1, 0.15) is 24.2 Å². The van der Waals surface area contributed by atoms with E-state index in [1.54, 1.807) is 10.7 Å². The topological polar surface area (TPSA) is 58.9 Å². The standard InChI is InChI=1S/C16H22N4O2/c1-16(2,12-19-7-9-22-10-8-19)18-15(21)13-11-17-20-6-4-3-5-14(13)20/h3-6,11H,7-10,12H2,1-2H3,(H,18,21). The van der Waals surface area contributed by atoms with Gasteiger partial charge in [0.15, 0.2) is 0 Å². The molecule has 0 aromatic carbocycles. The number of amides is 1. The molecular formula is C16H22N4O2. The molecule has 0 atom stereocenters. The maximum atomic E-state index is 12.6. The summed E-state index contributed by atoms with van der Waals surface area (Å²) in [5.74, 6) is -0.0838. The van der Waals surface area contributed by atoms with Crippen molar-refractivity contribution in [2.45, 2.75) is 19.4 Å². The third-order valence-corrected chi connectivity index (χ3v) is 3.85. The molecule has 2 aromatic rings. The molecule has 6 nitrogen and oxygen atoms in total. The summed E-state index contributed by atoms with van der Waals surface area (Å²) < 4.78 is 7.07. The third-order valence-electron chi connectivity index (χ3n) is 3.85. The van der Waals surface area contributed by atoms with E-state index in [0.29, 0.717) is 5.56 Å². The normalized spacial score (nSPS) is 16.8. The van der Waals surface area contributed by atoms with Gasteiger partial charge in [0.1, 0.15) is 0 Å². The summed E-state index contributed by atoms with van der Waals surface area (Å²) in [5.41, 5.74) is 1.12. The molecule has 1 fully saturated rings. The molecule has 6 heteroatoms. The minimum absolute atomic E-state index is 0.0838. The Balaban J connectivity index is 1.69. The number of rotatable bonds is 4. The fraction of sp³-hybridized carbons (Fsp3) is 0.500. The number of pyridine rings is 1. The molecule has 1 aliphatic rings. The number of morpholine rings is 1. The molecule has 0 unspecified atom stereocenters. The van der Waals surface area contributed by atoms with Crippen molar-refractivity contribution in [3.05, 3.63) is 36.2 Å². The van der Waals surface area contributed by atoms with Crippen molar-refractivity contribution in [1.82, 2.24) is 19.8 Å². The molecule has 3 rings (SSSR count). The lowest BCUT2D eigenvalue weighted by molar-refractivity contribution is 0.0269. The summed E-state index contributed by atoms with van der Waals surface area (Å²) in [4.78, 5) is 14.9. The molecule has 1 N–H and O–H groups in total. The van der Waals surface area contributed by atoms with Gasteiger partial charge in [-0.25, -0.2) is 4.52 Å². The molecule has 1 aliphatic heterocycles. The first-order valence-corrected chi connectivity index (χ1v) is 7.60. The summed E-state index contributed by atoms with van der Waals surface area (Å²) in [7, 11) is 0. The van der Waals surface area contributed by atoms with E-state index in [1.807, 2.05) is 38.2 Å². The predicted octanol–water partition coefficient (Wildman–Crippen LogP) is 1.17. The summed E-state index contributed by atoms with van der Waals surface area (Å²) in [6.07, 6.45) is 3.46. The predicted molar refractivity (Wildman–Crippen MR) is 84.0 cm³/mol. The molecule has 1 saturated heterocycles. The lowest BCUT2D eigenvalue weighted by Gasteiger charge is -2.35. The van der Waals surface area contributed by atoms with Crippen molar-refractivity contribution < 1.29 is 9.53 Å². The van der Waals surface area contributed by atoms with E-state index in [9.17, 15) is 4.79 Å². The van der Waals surface area contributed by atoms with Crippen LogP contribution >= 0.6 is 0 Å². The van der Waals surface area contributed by atoms with Gasteiger partial charge in [-0.3, -0.25) is 9.69 Å². The van der Waals surface area contributed by atoms with Crippen LogP contribution in [0.2, 0.25) is 0 Å². The molecule has 0 spiro atoms. The molecule has 0 saturated carbocycles. The van der Waals surface area contributed by atoms with Crippen molar-refractivity contribution >= 4 is 11.4 Å². The Kier molecular flexibility index (Phi) is 4.13. The number of carbonyl (C=O) groups is 1. The van der Waals surface area contributed by atoms with Gasteiger partial charge >= 0.3 is 0 Å². The van der Waals surface area contributed by atoms with Crippen LogP contribution in [0.4, 0.5) is 0 Å². The summed E-state index contributed by atoms with van der Waals surface area (Å²) in [6.45, 7) is 8.25. The minimum atomic E-state index is -0.308. The number of hydrogen-bond donors (Lipinski definition) is 1. The number of ether oxygens (including phenoxy) is 1. The number of aromatic nitrogens is 2. The number of fused-ring (bicyclic) bond motifs is 1. The summed E-state index contributed by atoms with van der Waals surface area (Å²) in [6, 6.07) is 5.70. The highest BCUT2D eigenvalue weighted by atomic mass is 16.5. The van der Waals surface area contributed by atoms with Gasteiger partial charge in [-0.05, 0) is 26.0 Å². The zero-order chi connectivity index (χ0) is 15.6. The highest BCUT2D eigenvalue weighted by Gasteiger charge is 2.26. The Morgan fingerprint density at radius 2 is 2.14 bits per heavy atom. The first kappa shape index (κ1) is 15.0. The van der Waals surface area contributed by atoms with Crippen molar-refractivity contribution in [3.8, 4) is 0 Å². The molecule has 118 valence electrons. The van der Waals surface area contributed by atoms with Gasteiger partial charge in [0.05, 0.1) is 30.5 Å². The molecule has 0 radical (unpaired) electrons. The smallest absolute Gasteiger partial charge is 0.255 e. The van der Waals surface area contributed by atoms with Crippen LogP contribution in [0.15, 0.2) is 30.6 Å². The fourth-order valence-electron chi connectivity index (χ4n) is 2.84. The maximum Gasteiger partial charge on any atom is 0.255 e. The average Bonchev–Trinajstić information content (AvgIpc) is 2.91. The van der Waals surface area contributed by atoms with Gasteiger partial charge in [-0.15, -0.1) is 0 Å². The van der Waals surface area contributed by atoms with E-state index in [-0.39, 0.29) is 11.4 Å². The van der Waals surface area contributed by atoms with Crippen LogP contribution in [-0.2, 0) is 4.74 Å². The van der Waals surface area contributed by atoms with E-state index in [1.165, 1.54) is 0 Å². The zero-order valence-electron chi connectivity index (χ0n) is 13.1. The molecule has 0 bridgehead atoms. The minimum Gasteiger partial charge on any atom is -0.379 e. The molecule has 3 heterocycles. The van der Waals surface area contributed by atoms with Crippen LogP contribution in [-0.4, -0.2) is 58.8 Å². The second kappa shape index (κ2) is 6.06. The Bertz CT molecular complexity index is 659. The van der Waals surface area contributed by atoms with Crippen LogP contribution in [0, 0.1) is 0 Å². The third kappa shape index (κ3) is 3.28. The Hall–Kier alpha value is -1.92. The van der Waals surface area contributed by atoms with Crippen LogP contribution in [0.25, 0.3) is 5.52 Å². The van der Waals surface area contributed by atoms with Crippen molar-refractivity contribution in [3.63, 3.8) is 0 Å². The van der Waals surface area contributed by atoms with Crippen LogP contribution in [0.3, 0.4) is 0 Å². The quantitative estimate of drug-likeness (QED) is 0.921. The van der Waals surface area contributed by atoms with E-state index in [4.69, 9.17) is 4.74 Å². The molecule has 0 aliphatic carbocycles. The molecule has 1 amide bonds. The Morgan fingerprint density at radius 3 is 2.91 bits per heavy atom. The van der Waals surface area contributed by atoms with E-state index in [0.717, 1.165) is 38.4 Å². The SMILES string of the molecule is CC(C)(CN1CCOCC1)NC(=O)c1cnn2ccccc12.